The maximum Gasteiger partial charge on any atom is 0.251 e. The minimum absolute atomic E-state index is 0.172. The van der Waals surface area contributed by atoms with Gasteiger partial charge >= 0.3 is 0 Å². The first-order valence-corrected chi connectivity index (χ1v) is 13.8. The van der Waals surface area contributed by atoms with Crippen LogP contribution >= 0.6 is 0 Å². The maximum atomic E-state index is 12.6. The predicted octanol–water partition coefficient (Wildman–Crippen LogP) is 3.93. The lowest BCUT2D eigenvalue weighted by molar-refractivity contribution is 0.0511. The summed E-state index contributed by atoms with van der Waals surface area (Å²) in [6, 6.07) is 7.37. The molecule has 0 saturated carbocycles. The van der Waals surface area contributed by atoms with Crippen molar-refractivity contribution in [3.63, 3.8) is 0 Å². The van der Waals surface area contributed by atoms with E-state index in [2.05, 4.69) is 43.1 Å². The molecule has 1 amide bonds. The summed E-state index contributed by atoms with van der Waals surface area (Å²) in [5.74, 6) is 1.22. The molecule has 38 heavy (non-hydrogen) atoms. The summed E-state index contributed by atoms with van der Waals surface area (Å²) in [6.07, 6.45) is 7.33. The molecule has 1 heterocycles. The number of carbonyl (C=O) groups excluding carboxylic acids is 1. The van der Waals surface area contributed by atoms with Crippen molar-refractivity contribution in [1.82, 2.24) is 20.3 Å². The highest BCUT2D eigenvalue weighted by molar-refractivity contribution is 5.95. The van der Waals surface area contributed by atoms with Crippen molar-refractivity contribution >= 4 is 29.4 Å². The van der Waals surface area contributed by atoms with E-state index < -0.39 is 0 Å². The van der Waals surface area contributed by atoms with Crippen LogP contribution in [0.4, 0.5) is 23.5 Å². The topological polar surface area (TPSA) is 148 Å². The lowest BCUT2D eigenvalue weighted by Crippen LogP contribution is -2.27. The van der Waals surface area contributed by atoms with Crippen LogP contribution in [0.1, 0.15) is 69.7 Å². The van der Waals surface area contributed by atoms with Gasteiger partial charge in [-0.1, -0.05) is 45.1 Å². The largest absolute Gasteiger partial charge is 0.378 e. The second-order valence-electron chi connectivity index (χ2n) is 9.27. The Kier molecular flexibility index (Phi) is 15.7. The summed E-state index contributed by atoms with van der Waals surface area (Å²) in [4.78, 5) is 26.1. The van der Waals surface area contributed by atoms with Crippen LogP contribution in [0.25, 0.3) is 0 Å². The number of carbonyl (C=O) groups is 1. The minimum atomic E-state index is -0.185. The highest BCUT2D eigenvalue weighted by atomic mass is 16.5. The molecule has 0 unspecified atom stereocenters. The number of hydrogen-bond donors (Lipinski definition) is 5. The number of nitrogens with zero attached hydrogens (tertiary/aromatic N) is 3. The van der Waals surface area contributed by atoms with E-state index in [4.69, 9.17) is 15.2 Å². The normalized spacial score (nSPS) is 11.0. The van der Waals surface area contributed by atoms with E-state index in [1.54, 1.807) is 12.1 Å². The molecule has 11 heteroatoms. The van der Waals surface area contributed by atoms with Gasteiger partial charge in [-0.2, -0.15) is 15.0 Å². The molecule has 6 N–H and O–H groups in total. The Hall–Kier alpha value is -3.02. The van der Waals surface area contributed by atoms with Crippen LogP contribution in [0.15, 0.2) is 24.3 Å². The monoisotopic (exact) mass is 530 g/mol. The maximum absolute atomic E-state index is 12.6. The quantitative estimate of drug-likeness (QED) is 0.150. The van der Waals surface area contributed by atoms with Crippen LogP contribution < -0.4 is 27.0 Å². The molecule has 2 aromatic rings. The van der Waals surface area contributed by atoms with E-state index in [0.717, 1.165) is 13.0 Å². The number of ether oxygens (including phenoxy) is 2. The van der Waals surface area contributed by atoms with Crippen molar-refractivity contribution in [3.05, 3.63) is 29.8 Å². The number of aromatic nitrogens is 3. The molecular formula is C27H46N8O3. The van der Waals surface area contributed by atoms with Gasteiger partial charge in [0.15, 0.2) is 0 Å². The molecule has 0 aliphatic carbocycles. The van der Waals surface area contributed by atoms with Gasteiger partial charge in [0.1, 0.15) is 0 Å². The van der Waals surface area contributed by atoms with Gasteiger partial charge in [0.05, 0.1) is 26.4 Å². The van der Waals surface area contributed by atoms with Crippen LogP contribution in [0.5, 0.6) is 0 Å². The number of benzene rings is 1. The summed E-state index contributed by atoms with van der Waals surface area (Å²) in [5, 5.41) is 12.6. The van der Waals surface area contributed by atoms with Crippen LogP contribution in [-0.2, 0) is 9.47 Å². The number of unbranched alkanes of at least 4 members (excludes halogenated alkanes) is 5. The van der Waals surface area contributed by atoms with Gasteiger partial charge in [0.25, 0.3) is 5.91 Å². The molecule has 0 bridgehead atoms. The summed E-state index contributed by atoms with van der Waals surface area (Å²) in [7, 11) is 0. The van der Waals surface area contributed by atoms with Gasteiger partial charge < -0.3 is 36.5 Å². The Morgan fingerprint density at radius 2 is 1.61 bits per heavy atom. The molecule has 0 aliphatic heterocycles. The molecule has 0 aliphatic rings. The lowest BCUT2D eigenvalue weighted by Gasteiger charge is -2.13. The number of nitrogens with one attached hydrogen (secondary N) is 4. The molecule has 1 aromatic carbocycles. The molecule has 11 nitrogen and oxygen atoms in total. The molecule has 0 saturated heterocycles. The molecule has 0 spiro atoms. The average Bonchev–Trinajstić information content (AvgIpc) is 2.89. The van der Waals surface area contributed by atoms with E-state index in [0.29, 0.717) is 68.6 Å². The summed E-state index contributed by atoms with van der Waals surface area (Å²) in [5.41, 5.74) is 6.60. The van der Waals surface area contributed by atoms with Crippen molar-refractivity contribution in [2.45, 2.75) is 65.3 Å². The van der Waals surface area contributed by atoms with Crippen molar-refractivity contribution in [3.8, 4) is 0 Å². The predicted molar refractivity (Wildman–Crippen MR) is 153 cm³/mol. The van der Waals surface area contributed by atoms with Gasteiger partial charge in [0.2, 0.25) is 17.8 Å². The smallest absolute Gasteiger partial charge is 0.251 e. The Morgan fingerprint density at radius 1 is 0.895 bits per heavy atom. The molecule has 0 atom stereocenters. The molecule has 212 valence electrons. The molecule has 2 rings (SSSR count). The van der Waals surface area contributed by atoms with E-state index in [9.17, 15) is 4.79 Å². The number of anilines is 4. The number of hydrogen-bond acceptors (Lipinski definition) is 10. The van der Waals surface area contributed by atoms with Crippen LogP contribution in [-0.4, -0.2) is 73.0 Å². The fourth-order valence-electron chi connectivity index (χ4n) is 3.55. The summed E-state index contributed by atoms with van der Waals surface area (Å²) < 4.78 is 10.7. The Bertz CT molecular complexity index is 929. The van der Waals surface area contributed by atoms with Crippen LogP contribution in [0.3, 0.4) is 0 Å². The Morgan fingerprint density at radius 3 is 2.37 bits per heavy atom. The van der Waals surface area contributed by atoms with Gasteiger partial charge in [-0.15, -0.1) is 0 Å². The zero-order valence-electron chi connectivity index (χ0n) is 23.2. The van der Waals surface area contributed by atoms with Crippen molar-refractivity contribution in [1.29, 1.82) is 0 Å². The standard InChI is InChI=1S/C27H46N8O3/c1-4-5-6-7-8-9-14-30-25-33-26(31-21(2)3)35-27(34-25)32-23-12-10-11-22(20-23)24(36)29-15-17-38-19-18-37-16-13-28/h10-12,20-21H,4-9,13-19,28H2,1-3H3,(H,29,36)(H3,30,31,32,33,34,35). The zero-order valence-corrected chi connectivity index (χ0v) is 23.2. The third kappa shape index (κ3) is 13.5. The Labute approximate surface area is 227 Å². The number of amides is 1. The zero-order chi connectivity index (χ0) is 27.4. The second-order valence-corrected chi connectivity index (χ2v) is 9.27. The van der Waals surface area contributed by atoms with E-state index in [1.165, 1.54) is 32.1 Å². The highest BCUT2D eigenvalue weighted by Crippen LogP contribution is 2.18. The Balaban J connectivity index is 1.90. The number of rotatable bonds is 21. The summed E-state index contributed by atoms with van der Waals surface area (Å²) in [6.45, 7) is 9.85. The first-order valence-electron chi connectivity index (χ1n) is 13.8. The molecule has 0 fully saturated rings. The summed E-state index contributed by atoms with van der Waals surface area (Å²) >= 11 is 0. The molecule has 1 aromatic heterocycles. The highest BCUT2D eigenvalue weighted by Gasteiger charge is 2.10. The second kappa shape index (κ2) is 19.1. The van der Waals surface area contributed by atoms with Gasteiger partial charge in [0, 0.05) is 36.9 Å². The number of nitrogens with two attached hydrogens (primary N) is 1. The molecular weight excluding hydrogens is 484 g/mol. The SMILES string of the molecule is CCCCCCCCNc1nc(Nc2cccc(C(=O)NCCOCCOCCN)c2)nc(NC(C)C)n1. The average molecular weight is 531 g/mol. The van der Waals surface area contributed by atoms with Gasteiger partial charge in [-0.05, 0) is 38.5 Å². The van der Waals surface area contributed by atoms with Crippen molar-refractivity contribution in [2.75, 3.05) is 62.0 Å². The third-order valence-corrected chi connectivity index (χ3v) is 5.41. The van der Waals surface area contributed by atoms with E-state index >= 15 is 0 Å². The minimum Gasteiger partial charge on any atom is -0.378 e. The van der Waals surface area contributed by atoms with Crippen molar-refractivity contribution in [2.24, 2.45) is 5.73 Å². The first-order chi connectivity index (χ1) is 18.5. The van der Waals surface area contributed by atoms with Crippen LogP contribution in [0, 0.1) is 0 Å². The van der Waals surface area contributed by atoms with Crippen molar-refractivity contribution < 1.29 is 14.3 Å². The van der Waals surface area contributed by atoms with E-state index in [-0.39, 0.29) is 11.9 Å². The third-order valence-electron chi connectivity index (χ3n) is 5.41. The van der Waals surface area contributed by atoms with Crippen LogP contribution in [0.2, 0.25) is 0 Å². The molecule has 0 radical (unpaired) electrons. The van der Waals surface area contributed by atoms with Gasteiger partial charge in [-0.25, -0.2) is 0 Å². The fourth-order valence-corrected chi connectivity index (χ4v) is 3.55. The lowest BCUT2D eigenvalue weighted by atomic mass is 10.1. The fraction of sp³-hybridized carbons (Fsp3) is 0.630. The first kappa shape index (κ1) is 31.2. The van der Waals surface area contributed by atoms with Gasteiger partial charge in [-0.3, -0.25) is 4.79 Å². The van der Waals surface area contributed by atoms with E-state index in [1.807, 2.05) is 26.0 Å².